The van der Waals surface area contributed by atoms with Crippen LogP contribution in [0.1, 0.15) is 24.5 Å². The van der Waals surface area contributed by atoms with Crippen molar-refractivity contribution in [3.63, 3.8) is 0 Å². The van der Waals surface area contributed by atoms with Crippen LogP contribution in [0, 0.1) is 0 Å². The molecule has 0 aliphatic carbocycles. The largest absolute Gasteiger partial charge is 0.278 e. The normalized spacial score (nSPS) is 15.1. The molecule has 1 aliphatic heterocycles. The fourth-order valence-corrected chi connectivity index (χ4v) is 1.91. The summed E-state index contributed by atoms with van der Waals surface area (Å²) in [7, 11) is 1.84. The van der Waals surface area contributed by atoms with E-state index in [4.69, 9.17) is 0 Å². The zero-order valence-electron chi connectivity index (χ0n) is 9.23. The number of amides is 1. The summed E-state index contributed by atoms with van der Waals surface area (Å²) < 4.78 is 0. The molecule has 1 aromatic rings. The van der Waals surface area contributed by atoms with Crippen LogP contribution in [-0.4, -0.2) is 23.0 Å². The van der Waals surface area contributed by atoms with Gasteiger partial charge in [-0.3, -0.25) is 9.80 Å². The summed E-state index contributed by atoms with van der Waals surface area (Å²) in [5.41, 5.74) is 2.65. The predicted molar refractivity (Wildman–Crippen MR) is 58.8 cm³/mol. The predicted octanol–water partition coefficient (Wildman–Crippen LogP) is 1.79. The van der Waals surface area contributed by atoms with Crippen LogP contribution in [-0.2, 0) is 17.9 Å². The van der Waals surface area contributed by atoms with Crippen LogP contribution < -0.4 is 0 Å². The average molecular weight is 204 g/mol. The van der Waals surface area contributed by atoms with E-state index in [0.29, 0.717) is 6.42 Å². The van der Waals surface area contributed by atoms with Crippen LogP contribution in [0.2, 0.25) is 0 Å². The van der Waals surface area contributed by atoms with Gasteiger partial charge < -0.3 is 0 Å². The van der Waals surface area contributed by atoms with Crippen molar-refractivity contribution in [2.45, 2.75) is 26.4 Å². The number of hydrazine groups is 1. The number of nitrogens with zero attached hydrogens (tertiary/aromatic N) is 2. The molecule has 0 saturated heterocycles. The summed E-state index contributed by atoms with van der Waals surface area (Å²) in [5.74, 6) is 0.169. The number of hydrogen-bond acceptors (Lipinski definition) is 2. The van der Waals surface area contributed by atoms with Crippen molar-refractivity contribution in [1.29, 1.82) is 0 Å². The van der Waals surface area contributed by atoms with Gasteiger partial charge in [0.1, 0.15) is 0 Å². The molecule has 1 aliphatic rings. The van der Waals surface area contributed by atoms with Gasteiger partial charge in [0.2, 0.25) is 5.91 Å². The highest BCUT2D eigenvalue weighted by molar-refractivity contribution is 5.75. The lowest BCUT2D eigenvalue weighted by Gasteiger charge is -2.27. The molecule has 0 spiro atoms. The molecule has 80 valence electrons. The van der Waals surface area contributed by atoms with Crippen molar-refractivity contribution in [2.75, 3.05) is 7.05 Å². The van der Waals surface area contributed by atoms with Crippen molar-refractivity contribution in [2.24, 2.45) is 0 Å². The third-order valence-electron chi connectivity index (χ3n) is 2.91. The second-order valence-electron chi connectivity index (χ2n) is 3.86. The second kappa shape index (κ2) is 4.03. The van der Waals surface area contributed by atoms with Gasteiger partial charge in [-0.2, -0.15) is 0 Å². The number of carbonyl (C=O) groups is 1. The van der Waals surface area contributed by atoms with Gasteiger partial charge in [0.05, 0.1) is 0 Å². The third kappa shape index (κ3) is 1.88. The lowest BCUT2D eigenvalue weighted by molar-refractivity contribution is -0.146. The van der Waals surface area contributed by atoms with Crippen molar-refractivity contribution in [3.05, 3.63) is 35.4 Å². The van der Waals surface area contributed by atoms with Gasteiger partial charge in [-0.25, -0.2) is 5.01 Å². The minimum absolute atomic E-state index is 0.169. The standard InChI is InChI=1S/C12H16N2O/c1-3-12(15)13(2)14-8-10-6-4-5-7-11(10)9-14/h4-7H,3,8-9H2,1-2H3. The lowest BCUT2D eigenvalue weighted by Crippen LogP contribution is -2.39. The summed E-state index contributed by atoms with van der Waals surface area (Å²) in [6.45, 7) is 3.58. The fourth-order valence-electron chi connectivity index (χ4n) is 1.91. The molecular formula is C12H16N2O. The SMILES string of the molecule is CCC(=O)N(C)N1Cc2ccccc2C1. The lowest BCUT2D eigenvalue weighted by atomic mass is 10.1. The molecule has 0 N–H and O–H groups in total. The number of fused-ring (bicyclic) bond motifs is 1. The van der Waals surface area contributed by atoms with Crippen molar-refractivity contribution >= 4 is 5.91 Å². The number of rotatable bonds is 2. The van der Waals surface area contributed by atoms with Gasteiger partial charge in [0.15, 0.2) is 0 Å². The van der Waals surface area contributed by atoms with Gasteiger partial charge >= 0.3 is 0 Å². The van der Waals surface area contributed by atoms with Crippen molar-refractivity contribution in [3.8, 4) is 0 Å². The van der Waals surface area contributed by atoms with Crippen LogP contribution in [0.15, 0.2) is 24.3 Å². The highest BCUT2D eigenvalue weighted by Gasteiger charge is 2.23. The molecule has 1 heterocycles. The molecule has 3 nitrogen and oxygen atoms in total. The van der Waals surface area contributed by atoms with Crippen LogP contribution in [0.5, 0.6) is 0 Å². The molecule has 15 heavy (non-hydrogen) atoms. The molecule has 1 amide bonds. The molecule has 0 atom stereocenters. The fraction of sp³-hybridized carbons (Fsp3) is 0.417. The molecule has 1 aromatic carbocycles. The van der Waals surface area contributed by atoms with Crippen LogP contribution in [0.4, 0.5) is 0 Å². The van der Waals surface area contributed by atoms with Crippen LogP contribution in [0.25, 0.3) is 0 Å². The summed E-state index contributed by atoms with van der Waals surface area (Å²) in [4.78, 5) is 11.5. The first kappa shape index (κ1) is 10.2. The Kier molecular flexibility index (Phi) is 2.73. The molecule has 2 rings (SSSR count). The summed E-state index contributed by atoms with van der Waals surface area (Å²) >= 11 is 0. The van der Waals surface area contributed by atoms with Crippen LogP contribution in [0.3, 0.4) is 0 Å². The highest BCUT2D eigenvalue weighted by atomic mass is 16.2. The monoisotopic (exact) mass is 204 g/mol. The van der Waals surface area contributed by atoms with E-state index in [9.17, 15) is 4.79 Å². The molecule has 3 heteroatoms. The Labute approximate surface area is 90.3 Å². The van der Waals surface area contributed by atoms with E-state index in [1.807, 2.05) is 26.1 Å². The Bertz CT molecular complexity index is 351. The van der Waals surface area contributed by atoms with Crippen molar-refractivity contribution < 1.29 is 4.79 Å². The second-order valence-corrected chi connectivity index (χ2v) is 3.86. The Morgan fingerprint density at radius 2 is 1.87 bits per heavy atom. The molecule has 0 fully saturated rings. The summed E-state index contributed by atoms with van der Waals surface area (Å²) in [6.07, 6.45) is 0.559. The number of carbonyl (C=O) groups excluding carboxylic acids is 1. The first-order valence-corrected chi connectivity index (χ1v) is 5.30. The zero-order chi connectivity index (χ0) is 10.8. The third-order valence-corrected chi connectivity index (χ3v) is 2.91. The Hall–Kier alpha value is -1.35. The molecule has 0 unspecified atom stereocenters. The average Bonchev–Trinajstić information content (AvgIpc) is 2.70. The topological polar surface area (TPSA) is 23.6 Å². The summed E-state index contributed by atoms with van der Waals surface area (Å²) in [5, 5.41) is 3.82. The Morgan fingerprint density at radius 3 is 2.33 bits per heavy atom. The molecule has 0 saturated carbocycles. The molecule has 0 radical (unpaired) electrons. The first-order chi connectivity index (χ1) is 7.22. The van der Waals surface area contributed by atoms with E-state index < -0.39 is 0 Å². The minimum atomic E-state index is 0.169. The van der Waals surface area contributed by atoms with E-state index in [2.05, 4.69) is 17.1 Å². The Balaban J connectivity index is 2.10. The maximum absolute atomic E-state index is 11.5. The quantitative estimate of drug-likeness (QED) is 0.733. The maximum Gasteiger partial charge on any atom is 0.236 e. The van der Waals surface area contributed by atoms with Gasteiger partial charge in [0, 0.05) is 26.6 Å². The molecule has 0 bridgehead atoms. The number of hydrogen-bond donors (Lipinski definition) is 0. The van der Waals surface area contributed by atoms with E-state index in [1.165, 1.54) is 11.1 Å². The highest BCUT2D eigenvalue weighted by Crippen LogP contribution is 2.23. The van der Waals surface area contributed by atoms with Gasteiger partial charge in [-0.05, 0) is 11.1 Å². The Morgan fingerprint density at radius 1 is 1.33 bits per heavy atom. The minimum Gasteiger partial charge on any atom is -0.278 e. The van der Waals surface area contributed by atoms with Crippen LogP contribution >= 0.6 is 0 Å². The zero-order valence-corrected chi connectivity index (χ0v) is 9.23. The molecular weight excluding hydrogens is 188 g/mol. The van der Waals surface area contributed by atoms with E-state index in [1.54, 1.807) is 5.01 Å². The number of benzene rings is 1. The van der Waals surface area contributed by atoms with Gasteiger partial charge in [0.25, 0.3) is 0 Å². The summed E-state index contributed by atoms with van der Waals surface area (Å²) in [6, 6.07) is 8.34. The maximum atomic E-state index is 11.5. The van der Waals surface area contributed by atoms with E-state index in [0.717, 1.165) is 13.1 Å². The molecule has 0 aromatic heterocycles. The van der Waals surface area contributed by atoms with Gasteiger partial charge in [-0.15, -0.1) is 0 Å². The van der Waals surface area contributed by atoms with E-state index >= 15 is 0 Å². The van der Waals surface area contributed by atoms with E-state index in [-0.39, 0.29) is 5.91 Å². The first-order valence-electron chi connectivity index (χ1n) is 5.30. The van der Waals surface area contributed by atoms with Gasteiger partial charge in [-0.1, -0.05) is 31.2 Å². The smallest absolute Gasteiger partial charge is 0.236 e. The van der Waals surface area contributed by atoms with Crippen molar-refractivity contribution in [1.82, 2.24) is 10.0 Å².